The van der Waals surface area contributed by atoms with E-state index >= 15 is 0 Å². The zero-order valence-electron chi connectivity index (χ0n) is 15.3. The fraction of sp³-hybridized carbons (Fsp3) is 0.100. The molecule has 8 nitrogen and oxygen atoms in total. The summed E-state index contributed by atoms with van der Waals surface area (Å²) in [4.78, 5) is 31.6. The summed E-state index contributed by atoms with van der Waals surface area (Å²) in [5.41, 5.74) is 2.48. The number of ether oxygens (including phenoxy) is 1. The smallest absolute Gasteiger partial charge is 0.339 e. The summed E-state index contributed by atoms with van der Waals surface area (Å²) in [6.07, 6.45) is 0. The van der Waals surface area contributed by atoms with Crippen molar-refractivity contribution in [2.45, 2.75) is 6.92 Å². The molecule has 0 atom stereocenters. The van der Waals surface area contributed by atoms with Crippen LogP contribution in [0.1, 0.15) is 26.4 Å². The number of anilines is 4. The van der Waals surface area contributed by atoms with E-state index in [0.29, 0.717) is 34.4 Å². The molecule has 3 rings (SSSR count). The number of benzene rings is 2. The number of aryl methyl sites for hydroxylation is 1. The van der Waals surface area contributed by atoms with Crippen molar-refractivity contribution < 1.29 is 19.4 Å². The number of rotatable bonds is 6. The molecule has 8 heteroatoms. The molecule has 0 saturated heterocycles. The average molecular weight is 378 g/mol. The van der Waals surface area contributed by atoms with E-state index in [-0.39, 0.29) is 5.56 Å². The molecule has 3 aromatic rings. The van der Waals surface area contributed by atoms with Crippen molar-refractivity contribution in [2.75, 3.05) is 17.7 Å². The van der Waals surface area contributed by atoms with Gasteiger partial charge < -0.3 is 20.5 Å². The van der Waals surface area contributed by atoms with Gasteiger partial charge in [-0.05, 0) is 43.3 Å². The fourth-order valence-corrected chi connectivity index (χ4v) is 2.53. The second kappa shape index (κ2) is 8.17. The fourth-order valence-electron chi connectivity index (χ4n) is 2.53. The lowest BCUT2D eigenvalue weighted by Crippen LogP contribution is -2.08. The minimum atomic E-state index is -0.986. The van der Waals surface area contributed by atoms with Gasteiger partial charge in [0.2, 0.25) is 5.95 Å². The van der Waals surface area contributed by atoms with Crippen molar-refractivity contribution in [2.24, 2.45) is 0 Å². The van der Waals surface area contributed by atoms with Crippen LogP contribution in [0.15, 0.2) is 54.6 Å². The second-order valence-electron chi connectivity index (χ2n) is 5.89. The average Bonchev–Trinajstić information content (AvgIpc) is 2.68. The molecule has 1 heterocycles. The number of carboxylic acids is 1. The van der Waals surface area contributed by atoms with E-state index in [4.69, 9.17) is 9.84 Å². The van der Waals surface area contributed by atoms with Crippen LogP contribution in [0.5, 0.6) is 0 Å². The number of nitrogens with one attached hydrogen (secondary N) is 2. The SMILES string of the molecule is COC(=O)c1ccccc1Nc1nc(C)cc(Nc2ccc(C(=O)O)cc2)n1. The molecule has 3 N–H and O–H groups in total. The second-order valence-corrected chi connectivity index (χ2v) is 5.89. The van der Waals surface area contributed by atoms with Crippen LogP contribution in [-0.4, -0.2) is 34.1 Å². The maximum Gasteiger partial charge on any atom is 0.339 e. The number of nitrogens with zero attached hydrogens (tertiary/aromatic N) is 2. The zero-order valence-corrected chi connectivity index (χ0v) is 15.3. The minimum absolute atomic E-state index is 0.200. The van der Waals surface area contributed by atoms with Crippen LogP contribution in [0.25, 0.3) is 0 Å². The molecular formula is C20H18N4O4. The van der Waals surface area contributed by atoms with Crippen LogP contribution < -0.4 is 10.6 Å². The highest BCUT2D eigenvalue weighted by Crippen LogP contribution is 2.22. The number of aromatic carboxylic acids is 1. The highest BCUT2D eigenvalue weighted by molar-refractivity contribution is 5.96. The van der Waals surface area contributed by atoms with E-state index in [1.807, 2.05) is 6.92 Å². The Hall–Kier alpha value is -3.94. The van der Waals surface area contributed by atoms with E-state index in [9.17, 15) is 9.59 Å². The van der Waals surface area contributed by atoms with Crippen LogP contribution >= 0.6 is 0 Å². The Kier molecular flexibility index (Phi) is 5.50. The highest BCUT2D eigenvalue weighted by Gasteiger charge is 2.12. The molecule has 0 radical (unpaired) electrons. The van der Waals surface area contributed by atoms with Gasteiger partial charge >= 0.3 is 11.9 Å². The summed E-state index contributed by atoms with van der Waals surface area (Å²) in [5, 5.41) is 15.1. The Morgan fingerprint density at radius 1 is 1.00 bits per heavy atom. The molecular weight excluding hydrogens is 360 g/mol. The van der Waals surface area contributed by atoms with Crippen LogP contribution in [-0.2, 0) is 4.74 Å². The number of esters is 1. The van der Waals surface area contributed by atoms with Gasteiger partial charge in [0.05, 0.1) is 23.9 Å². The maximum atomic E-state index is 11.9. The first-order valence-electron chi connectivity index (χ1n) is 8.36. The summed E-state index contributed by atoms with van der Waals surface area (Å²) in [5.74, 6) is -0.623. The minimum Gasteiger partial charge on any atom is -0.478 e. The van der Waals surface area contributed by atoms with E-state index in [1.165, 1.54) is 19.2 Å². The van der Waals surface area contributed by atoms with Crippen molar-refractivity contribution in [3.63, 3.8) is 0 Å². The molecule has 0 aliphatic rings. The Morgan fingerprint density at radius 3 is 2.39 bits per heavy atom. The van der Waals surface area contributed by atoms with Gasteiger partial charge in [-0.15, -0.1) is 0 Å². The van der Waals surface area contributed by atoms with Crippen molar-refractivity contribution in [1.29, 1.82) is 0 Å². The number of methoxy groups -OCH3 is 1. The zero-order chi connectivity index (χ0) is 20.1. The van der Waals surface area contributed by atoms with E-state index < -0.39 is 11.9 Å². The summed E-state index contributed by atoms with van der Waals surface area (Å²) >= 11 is 0. The third-order valence-electron chi connectivity index (χ3n) is 3.84. The third kappa shape index (κ3) is 4.42. The number of hydrogen-bond donors (Lipinski definition) is 3. The van der Waals surface area contributed by atoms with Crippen LogP contribution in [0.2, 0.25) is 0 Å². The van der Waals surface area contributed by atoms with Crippen LogP contribution in [0.4, 0.5) is 23.1 Å². The predicted octanol–water partition coefficient (Wildman–Crippen LogP) is 3.76. The molecule has 0 spiro atoms. The summed E-state index contributed by atoms with van der Waals surface area (Å²) in [6.45, 7) is 1.82. The first kappa shape index (κ1) is 18.8. The third-order valence-corrected chi connectivity index (χ3v) is 3.84. The molecule has 28 heavy (non-hydrogen) atoms. The summed E-state index contributed by atoms with van der Waals surface area (Å²) in [7, 11) is 1.32. The molecule has 2 aromatic carbocycles. The molecule has 0 bridgehead atoms. The molecule has 142 valence electrons. The Balaban J connectivity index is 1.84. The van der Waals surface area contributed by atoms with Gasteiger partial charge in [0.25, 0.3) is 0 Å². The topological polar surface area (TPSA) is 113 Å². The largest absolute Gasteiger partial charge is 0.478 e. The van der Waals surface area contributed by atoms with Gasteiger partial charge in [-0.25, -0.2) is 14.6 Å². The van der Waals surface area contributed by atoms with Crippen LogP contribution in [0, 0.1) is 6.92 Å². The van der Waals surface area contributed by atoms with Gasteiger partial charge in [0.15, 0.2) is 0 Å². The van der Waals surface area contributed by atoms with Gasteiger partial charge in [0.1, 0.15) is 5.82 Å². The predicted molar refractivity (Wildman–Crippen MR) is 105 cm³/mol. The lowest BCUT2D eigenvalue weighted by Gasteiger charge is -2.12. The number of hydrogen-bond acceptors (Lipinski definition) is 7. The van der Waals surface area contributed by atoms with Gasteiger partial charge in [0, 0.05) is 17.4 Å². The number of para-hydroxylation sites is 1. The molecule has 1 aromatic heterocycles. The van der Waals surface area contributed by atoms with E-state index in [2.05, 4.69) is 20.6 Å². The molecule has 0 aliphatic heterocycles. The van der Waals surface area contributed by atoms with E-state index in [0.717, 1.165) is 0 Å². The van der Waals surface area contributed by atoms with Crippen molar-refractivity contribution in [1.82, 2.24) is 9.97 Å². The standard InChI is InChI=1S/C20H18N4O4/c1-12-11-17(22-14-9-7-13(8-10-14)18(25)26)24-20(21-12)23-16-6-4-3-5-15(16)19(27)28-2/h3-11H,1-2H3,(H,25,26)(H2,21,22,23,24). The van der Waals surface area contributed by atoms with Gasteiger partial charge in [-0.2, -0.15) is 4.98 Å². The lowest BCUT2D eigenvalue weighted by molar-refractivity contribution is 0.0601. The summed E-state index contributed by atoms with van der Waals surface area (Å²) < 4.78 is 4.79. The monoisotopic (exact) mass is 378 g/mol. The normalized spacial score (nSPS) is 10.2. The van der Waals surface area contributed by atoms with E-state index in [1.54, 1.807) is 42.5 Å². The number of carboxylic acid groups (broad SMARTS) is 1. The first-order valence-corrected chi connectivity index (χ1v) is 8.36. The Bertz CT molecular complexity index is 1020. The molecule has 0 saturated carbocycles. The number of carbonyl (C=O) groups excluding carboxylic acids is 1. The summed E-state index contributed by atoms with van der Waals surface area (Å²) in [6, 6.07) is 15.0. The Morgan fingerprint density at radius 2 is 1.71 bits per heavy atom. The van der Waals surface area contributed by atoms with Crippen LogP contribution in [0.3, 0.4) is 0 Å². The highest BCUT2D eigenvalue weighted by atomic mass is 16.5. The van der Waals surface area contributed by atoms with Crippen molar-refractivity contribution >= 4 is 35.1 Å². The Labute approximate surface area is 161 Å². The quantitative estimate of drug-likeness (QED) is 0.556. The maximum absolute atomic E-state index is 11.9. The lowest BCUT2D eigenvalue weighted by atomic mass is 10.2. The molecule has 0 aliphatic carbocycles. The van der Waals surface area contributed by atoms with Gasteiger partial charge in [-0.1, -0.05) is 12.1 Å². The number of carbonyl (C=O) groups is 2. The molecule has 0 unspecified atom stereocenters. The number of aromatic nitrogens is 2. The first-order chi connectivity index (χ1) is 13.5. The van der Waals surface area contributed by atoms with Gasteiger partial charge in [-0.3, -0.25) is 0 Å². The van der Waals surface area contributed by atoms with Crippen molar-refractivity contribution in [3.05, 3.63) is 71.4 Å². The molecule has 0 amide bonds. The molecule has 0 fully saturated rings. The van der Waals surface area contributed by atoms with Crippen molar-refractivity contribution in [3.8, 4) is 0 Å².